The predicted molar refractivity (Wildman–Crippen MR) is 152 cm³/mol. The Morgan fingerprint density at radius 1 is 0.649 bits per heavy atom. The molecule has 4 aromatic rings. The number of nitrogens with zero attached hydrogens (tertiary/aromatic N) is 4. The average Bonchev–Trinajstić information content (AvgIpc) is 3.51. The van der Waals surface area contributed by atoms with Crippen molar-refractivity contribution < 1.29 is 14.3 Å². The van der Waals surface area contributed by atoms with E-state index in [0.29, 0.717) is 47.7 Å². The van der Waals surface area contributed by atoms with Gasteiger partial charge in [-0.15, -0.1) is 20.4 Å². The van der Waals surface area contributed by atoms with Crippen LogP contribution >= 0.6 is 54.5 Å². The van der Waals surface area contributed by atoms with Crippen LogP contribution in [0.15, 0.2) is 57.5 Å². The maximum absolute atomic E-state index is 12.1. The molecule has 0 spiro atoms. The topological polar surface area (TPSA) is 143 Å². The van der Waals surface area contributed by atoms with E-state index < -0.39 is 12.1 Å². The van der Waals surface area contributed by atoms with E-state index in [1.54, 1.807) is 24.3 Å². The third kappa shape index (κ3) is 9.12. The summed E-state index contributed by atoms with van der Waals surface area (Å²) in [5.74, 6) is 0. The molecule has 0 radical (unpaired) electrons. The number of hydrogen-bond donors (Lipinski definition) is 4. The number of benzene rings is 2. The van der Waals surface area contributed by atoms with Crippen LogP contribution in [0.4, 0.5) is 31.2 Å². The summed E-state index contributed by atoms with van der Waals surface area (Å²) >= 11 is 9.28. The summed E-state index contributed by atoms with van der Waals surface area (Å²) in [7, 11) is 0. The SMILES string of the molecule is O=C(Nc1ccc(Br)cc1)Nc1nnc(CCOCCc2nnc(NC(=O)Nc3ccc(Br)cc3)s2)s1. The Morgan fingerprint density at radius 3 is 1.46 bits per heavy atom. The molecule has 0 aliphatic carbocycles. The van der Waals surface area contributed by atoms with Crippen LogP contribution in [0.2, 0.25) is 0 Å². The second-order valence-corrected chi connectivity index (χ2v) is 11.2. The van der Waals surface area contributed by atoms with Gasteiger partial charge in [0.1, 0.15) is 10.0 Å². The molecule has 15 heteroatoms. The zero-order chi connectivity index (χ0) is 26.0. The van der Waals surface area contributed by atoms with E-state index in [1.165, 1.54) is 22.7 Å². The minimum Gasteiger partial charge on any atom is -0.381 e. The number of anilines is 4. The summed E-state index contributed by atoms with van der Waals surface area (Å²) in [6.45, 7) is 0.887. The van der Waals surface area contributed by atoms with Crippen molar-refractivity contribution in [2.45, 2.75) is 12.8 Å². The highest BCUT2D eigenvalue weighted by atomic mass is 79.9. The van der Waals surface area contributed by atoms with Gasteiger partial charge in [0.2, 0.25) is 10.3 Å². The van der Waals surface area contributed by atoms with E-state index in [9.17, 15) is 9.59 Å². The fourth-order valence-corrected chi connectivity index (χ4v) is 4.78. The lowest BCUT2D eigenvalue weighted by atomic mass is 10.3. The monoisotopic (exact) mass is 666 g/mol. The summed E-state index contributed by atoms with van der Waals surface area (Å²) < 4.78 is 7.53. The molecule has 4 rings (SSSR count). The highest BCUT2D eigenvalue weighted by molar-refractivity contribution is 9.10. The molecule has 0 aliphatic heterocycles. The van der Waals surface area contributed by atoms with E-state index >= 15 is 0 Å². The fourth-order valence-electron chi connectivity index (χ4n) is 2.82. The number of ether oxygens (including phenoxy) is 1. The first-order valence-electron chi connectivity index (χ1n) is 10.8. The van der Waals surface area contributed by atoms with E-state index in [0.717, 1.165) is 19.0 Å². The van der Waals surface area contributed by atoms with Gasteiger partial charge in [0, 0.05) is 33.2 Å². The van der Waals surface area contributed by atoms with Crippen molar-refractivity contribution in [3.8, 4) is 0 Å². The van der Waals surface area contributed by atoms with Gasteiger partial charge in [-0.05, 0) is 48.5 Å². The van der Waals surface area contributed by atoms with Crippen LogP contribution in [0.5, 0.6) is 0 Å². The minimum absolute atomic E-state index is 0.391. The fraction of sp³-hybridized carbons (Fsp3) is 0.182. The molecule has 0 atom stereocenters. The van der Waals surface area contributed by atoms with Gasteiger partial charge in [0.05, 0.1) is 13.2 Å². The molecule has 0 fully saturated rings. The molecule has 2 heterocycles. The smallest absolute Gasteiger partial charge is 0.325 e. The Labute approximate surface area is 236 Å². The van der Waals surface area contributed by atoms with Crippen molar-refractivity contribution in [2.24, 2.45) is 0 Å². The second kappa shape index (κ2) is 13.5. The van der Waals surface area contributed by atoms with Crippen LogP contribution in [0.3, 0.4) is 0 Å². The number of urea groups is 2. The van der Waals surface area contributed by atoms with E-state index in [4.69, 9.17) is 4.74 Å². The number of carbonyl (C=O) groups excluding carboxylic acids is 2. The molecule has 37 heavy (non-hydrogen) atoms. The lowest BCUT2D eigenvalue weighted by molar-refractivity contribution is 0.140. The number of rotatable bonds is 10. The first-order valence-corrected chi connectivity index (χ1v) is 14.0. The quantitative estimate of drug-likeness (QED) is 0.152. The molecule has 4 N–H and O–H groups in total. The van der Waals surface area contributed by atoms with Crippen LogP contribution in [0.1, 0.15) is 10.0 Å². The number of hydrogen-bond acceptors (Lipinski definition) is 9. The number of carbonyl (C=O) groups is 2. The van der Waals surface area contributed by atoms with Crippen molar-refractivity contribution in [3.63, 3.8) is 0 Å². The first kappa shape index (κ1) is 27.1. The highest BCUT2D eigenvalue weighted by Gasteiger charge is 2.10. The number of nitrogens with one attached hydrogen (secondary N) is 4. The molecule has 2 aromatic heterocycles. The van der Waals surface area contributed by atoms with Crippen LogP contribution < -0.4 is 21.3 Å². The lowest BCUT2D eigenvalue weighted by Gasteiger charge is -2.04. The van der Waals surface area contributed by atoms with E-state index in [2.05, 4.69) is 73.5 Å². The molecule has 0 saturated heterocycles. The van der Waals surface area contributed by atoms with Crippen LogP contribution in [0, 0.1) is 0 Å². The maximum atomic E-state index is 12.1. The zero-order valence-corrected chi connectivity index (χ0v) is 23.8. The van der Waals surface area contributed by atoms with Crippen molar-refractivity contribution in [1.82, 2.24) is 20.4 Å². The molecular formula is C22H20Br2N8O3S2. The molecule has 192 valence electrons. The summed E-state index contributed by atoms with van der Waals surface area (Å²) in [5, 5.41) is 29.3. The van der Waals surface area contributed by atoms with Gasteiger partial charge in [-0.3, -0.25) is 10.6 Å². The Kier molecular flexibility index (Phi) is 9.90. The summed E-state index contributed by atoms with van der Waals surface area (Å²) in [6, 6.07) is 13.7. The molecule has 0 bridgehead atoms. The number of aromatic nitrogens is 4. The van der Waals surface area contributed by atoms with Crippen molar-refractivity contribution in [2.75, 3.05) is 34.5 Å². The van der Waals surface area contributed by atoms with Crippen LogP contribution in [0.25, 0.3) is 0 Å². The van der Waals surface area contributed by atoms with Crippen molar-refractivity contribution in [3.05, 3.63) is 67.5 Å². The first-order chi connectivity index (χ1) is 17.9. The highest BCUT2D eigenvalue weighted by Crippen LogP contribution is 2.19. The molecule has 4 amide bonds. The maximum Gasteiger partial charge on any atom is 0.325 e. The van der Waals surface area contributed by atoms with Gasteiger partial charge >= 0.3 is 12.1 Å². The van der Waals surface area contributed by atoms with Gasteiger partial charge in [-0.1, -0.05) is 54.5 Å². The zero-order valence-electron chi connectivity index (χ0n) is 19.0. The Balaban J connectivity index is 1.11. The normalized spacial score (nSPS) is 10.6. The summed E-state index contributed by atoms with van der Waals surface area (Å²) in [4.78, 5) is 24.2. The minimum atomic E-state index is -0.391. The Morgan fingerprint density at radius 2 is 1.05 bits per heavy atom. The largest absolute Gasteiger partial charge is 0.381 e. The Hall–Kier alpha value is -2.98. The molecule has 11 nitrogen and oxygen atoms in total. The second-order valence-electron chi connectivity index (χ2n) is 7.29. The average molecular weight is 668 g/mol. The van der Waals surface area contributed by atoms with Gasteiger partial charge in [-0.25, -0.2) is 9.59 Å². The van der Waals surface area contributed by atoms with Crippen LogP contribution in [-0.2, 0) is 17.6 Å². The summed E-state index contributed by atoms with van der Waals surface area (Å²) in [5.41, 5.74) is 1.34. The molecule has 0 unspecified atom stereocenters. The van der Waals surface area contributed by atoms with E-state index in [-0.39, 0.29) is 0 Å². The predicted octanol–water partition coefficient (Wildman–Crippen LogP) is 6.00. The lowest BCUT2D eigenvalue weighted by Crippen LogP contribution is -2.19. The van der Waals surface area contributed by atoms with Gasteiger partial charge in [0.25, 0.3) is 0 Å². The summed E-state index contributed by atoms with van der Waals surface area (Å²) in [6.07, 6.45) is 1.12. The van der Waals surface area contributed by atoms with Gasteiger partial charge in [-0.2, -0.15) is 0 Å². The number of amides is 4. The van der Waals surface area contributed by atoms with Gasteiger partial charge in [0.15, 0.2) is 0 Å². The molecule has 2 aromatic carbocycles. The molecule has 0 aliphatic rings. The van der Waals surface area contributed by atoms with Crippen molar-refractivity contribution in [1.29, 1.82) is 0 Å². The van der Waals surface area contributed by atoms with Crippen LogP contribution in [-0.4, -0.2) is 45.7 Å². The number of halogens is 2. The molecular weight excluding hydrogens is 648 g/mol. The van der Waals surface area contributed by atoms with E-state index in [1.807, 2.05) is 24.3 Å². The molecule has 0 saturated carbocycles. The third-order valence-electron chi connectivity index (χ3n) is 4.50. The third-order valence-corrected chi connectivity index (χ3v) is 7.35. The Bertz CT molecular complexity index is 1230. The van der Waals surface area contributed by atoms with Crippen molar-refractivity contribution >= 4 is 88.2 Å². The van der Waals surface area contributed by atoms with Gasteiger partial charge < -0.3 is 15.4 Å². The standard InChI is InChI=1S/C22H20Br2N8O3S2/c23-13-1-5-15(6-2-13)25-19(33)27-21-31-29-17(36-21)9-11-35-12-10-18-30-32-22(37-18)28-20(34)26-16-7-3-14(24)4-8-16/h1-8H,9-12H2,(H2,25,27,31,33)(H2,26,28,32,34).